The number of ketones is 1. The first-order chi connectivity index (χ1) is 16.2. The molecule has 2 heteroatoms. The quantitative estimate of drug-likeness (QED) is 0.116. The van der Waals surface area contributed by atoms with Crippen LogP contribution >= 0.6 is 0 Å². The smallest absolute Gasteiger partial charge is 0.135 e. The Morgan fingerprint density at radius 1 is 0.485 bits per heavy atom. The summed E-state index contributed by atoms with van der Waals surface area (Å²) in [4.78, 5) is 12.1. The van der Waals surface area contributed by atoms with Crippen molar-refractivity contribution in [1.82, 2.24) is 0 Å². The van der Waals surface area contributed by atoms with E-state index >= 15 is 0 Å². The zero-order chi connectivity index (χ0) is 24.2. The molecule has 0 saturated heterocycles. The zero-order valence-corrected chi connectivity index (χ0v) is 23.0. The third-order valence-corrected chi connectivity index (χ3v) is 7.16. The van der Waals surface area contributed by atoms with Gasteiger partial charge in [0.2, 0.25) is 0 Å². The van der Waals surface area contributed by atoms with E-state index in [1.54, 1.807) is 0 Å². The monoisotopic (exact) mass is 466 g/mol. The summed E-state index contributed by atoms with van der Waals surface area (Å²) in [5, 5.41) is 10.1. The van der Waals surface area contributed by atoms with Crippen molar-refractivity contribution in [3.05, 3.63) is 0 Å². The van der Waals surface area contributed by atoms with E-state index < -0.39 is 6.10 Å². The van der Waals surface area contributed by atoms with Crippen molar-refractivity contribution in [2.45, 2.75) is 193 Å². The lowest BCUT2D eigenvalue weighted by molar-refractivity contribution is -0.121. The van der Waals surface area contributed by atoms with Gasteiger partial charge >= 0.3 is 0 Å². The summed E-state index contributed by atoms with van der Waals surface area (Å²) in [6.07, 6.45) is 33.4. The molecule has 1 atom stereocenters. The Balaban J connectivity index is 3.29. The van der Waals surface area contributed by atoms with Crippen LogP contribution in [-0.4, -0.2) is 17.0 Å². The van der Waals surface area contributed by atoms with Gasteiger partial charge < -0.3 is 5.11 Å². The minimum atomic E-state index is -0.405. The molecule has 0 aliphatic heterocycles. The number of carbonyl (C=O) groups is 1. The van der Waals surface area contributed by atoms with E-state index in [2.05, 4.69) is 13.8 Å². The first kappa shape index (κ1) is 32.6. The summed E-state index contributed by atoms with van der Waals surface area (Å²) in [5.74, 6) is 0.272. The van der Waals surface area contributed by atoms with Crippen molar-refractivity contribution in [2.75, 3.05) is 0 Å². The molecule has 0 saturated carbocycles. The van der Waals surface area contributed by atoms with Crippen molar-refractivity contribution in [3.8, 4) is 0 Å². The number of carbonyl (C=O) groups excluding carboxylic acids is 1. The van der Waals surface area contributed by atoms with Crippen LogP contribution in [0, 0.1) is 0 Å². The molecule has 0 aromatic rings. The van der Waals surface area contributed by atoms with Crippen molar-refractivity contribution in [2.24, 2.45) is 0 Å². The average Bonchev–Trinajstić information content (AvgIpc) is 2.80. The molecule has 0 radical (unpaired) electrons. The topological polar surface area (TPSA) is 37.3 Å². The fraction of sp³-hybridized carbons (Fsp3) is 0.968. The molecule has 0 bridgehead atoms. The van der Waals surface area contributed by atoms with E-state index in [0.717, 1.165) is 19.3 Å². The van der Waals surface area contributed by atoms with Crippen LogP contribution < -0.4 is 0 Å². The summed E-state index contributed by atoms with van der Waals surface area (Å²) < 4.78 is 0. The lowest BCUT2D eigenvalue weighted by Gasteiger charge is -2.10. The molecular weight excluding hydrogens is 404 g/mol. The molecular formula is C31H62O2. The van der Waals surface area contributed by atoms with E-state index in [4.69, 9.17) is 0 Å². The number of unbranched alkanes of at least 4 members (excludes halogenated alkanes) is 22. The van der Waals surface area contributed by atoms with Gasteiger partial charge in [0.15, 0.2) is 0 Å². The lowest BCUT2D eigenvalue weighted by atomic mass is 10.0. The van der Waals surface area contributed by atoms with Gasteiger partial charge in [0, 0.05) is 12.8 Å². The van der Waals surface area contributed by atoms with E-state index in [9.17, 15) is 9.90 Å². The minimum Gasteiger partial charge on any atom is -0.393 e. The van der Waals surface area contributed by atoms with Crippen LogP contribution in [0.5, 0.6) is 0 Å². The molecule has 0 aromatic heterocycles. The number of aliphatic hydroxyl groups is 1. The fourth-order valence-corrected chi connectivity index (χ4v) is 4.85. The number of Topliss-reactive ketones (excluding diaryl/α,β-unsaturated/α-hetero) is 1. The van der Waals surface area contributed by atoms with Crippen LogP contribution in [-0.2, 0) is 4.79 Å². The number of rotatable bonds is 28. The number of hydrogen-bond acceptors (Lipinski definition) is 2. The Kier molecular flexibility index (Phi) is 27.6. The van der Waals surface area contributed by atoms with Gasteiger partial charge in [-0.15, -0.1) is 0 Å². The van der Waals surface area contributed by atoms with Crippen molar-refractivity contribution in [1.29, 1.82) is 0 Å². The molecule has 198 valence electrons. The molecule has 2 nitrogen and oxygen atoms in total. The SMILES string of the molecule is CCCCCCCCCCCCCCCC(=O)CC(O)CCCCCCCCCCCCC. The Morgan fingerprint density at radius 2 is 0.788 bits per heavy atom. The standard InChI is InChI=1S/C31H62O2/c1-3-5-7-9-11-13-15-16-18-20-22-24-26-28-31(33)29-30(32)27-25-23-21-19-17-14-12-10-8-6-4-2/h30,32H,3-29H2,1-2H3. The van der Waals surface area contributed by atoms with E-state index in [1.807, 2.05) is 0 Å². The maximum Gasteiger partial charge on any atom is 0.135 e. The second-order valence-corrected chi connectivity index (χ2v) is 10.7. The Labute approximate surface area is 209 Å². The van der Waals surface area contributed by atoms with Gasteiger partial charge in [0.25, 0.3) is 0 Å². The summed E-state index contributed by atoms with van der Waals surface area (Å²) in [6, 6.07) is 0. The van der Waals surface area contributed by atoms with Crippen LogP contribution in [0.25, 0.3) is 0 Å². The molecule has 0 heterocycles. The molecule has 0 rings (SSSR count). The molecule has 0 aliphatic carbocycles. The Hall–Kier alpha value is -0.370. The van der Waals surface area contributed by atoms with E-state index in [1.165, 1.54) is 141 Å². The van der Waals surface area contributed by atoms with Crippen LogP contribution in [0.3, 0.4) is 0 Å². The predicted octanol–water partition coefficient (Wildman–Crippen LogP) is 10.5. The third-order valence-electron chi connectivity index (χ3n) is 7.16. The Bertz CT molecular complexity index is 379. The van der Waals surface area contributed by atoms with Crippen LogP contribution in [0.2, 0.25) is 0 Å². The van der Waals surface area contributed by atoms with Gasteiger partial charge in [0.1, 0.15) is 5.78 Å². The van der Waals surface area contributed by atoms with Crippen molar-refractivity contribution < 1.29 is 9.90 Å². The second-order valence-electron chi connectivity index (χ2n) is 10.7. The molecule has 1 N–H and O–H groups in total. The highest BCUT2D eigenvalue weighted by Gasteiger charge is 2.10. The third kappa shape index (κ3) is 27.8. The average molecular weight is 467 g/mol. The highest BCUT2D eigenvalue weighted by molar-refractivity contribution is 5.78. The first-order valence-corrected chi connectivity index (χ1v) is 15.4. The normalized spacial score (nSPS) is 12.3. The highest BCUT2D eigenvalue weighted by Crippen LogP contribution is 2.15. The summed E-state index contributed by atoms with van der Waals surface area (Å²) in [5.41, 5.74) is 0. The van der Waals surface area contributed by atoms with Gasteiger partial charge in [-0.2, -0.15) is 0 Å². The zero-order valence-electron chi connectivity index (χ0n) is 23.0. The van der Waals surface area contributed by atoms with Crippen molar-refractivity contribution >= 4 is 5.78 Å². The van der Waals surface area contributed by atoms with Gasteiger partial charge in [-0.05, 0) is 12.8 Å². The summed E-state index contributed by atoms with van der Waals surface area (Å²) >= 11 is 0. The molecule has 33 heavy (non-hydrogen) atoms. The predicted molar refractivity (Wildman–Crippen MR) is 147 cm³/mol. The molecule has 0 amide bonds. The van der Waals surface area contributed by atoms with E-state index in [-0.39, 0.29) is 5.78 Å². The number of aliphatic hydroxyl groups excluding tert-OH is 1. The molecule has 0 fully saturated rings. The molecule has 0 aliphatic rings. The van der Waals surface area contributed by atoms with E-state index in [0.29, 0.717) is 12.8 Å². The summed E-state index contributed by atoms with van der Waals surface area (Å²) in [6.45, 7) is 4.55. The minimum absolute atomic E-state index is 0.272. The summed E-state index contributed by atoms with van der Waals surface area (Å²) in [7, 11) is 0. The van der Waals surface area contributed by atoms with Gasteiger partial charge in [-0.1, -0.05) is 162 Å². The fourth-order valence-electron chi connectivity index (χ4n) is 4.85. The largest absolute Gasteiger partial charge is 0.393 e. The molecule has 1 unspecified atom stereocenters. The number of hydrogen-bond donors (Lipinski definition) is 1. The van der Waals surface area contributed by atoms with Crippen LogP contribution in [0.4, 0.5) is 0 Å². The van der Waals surface area contributed by atoms with Crippen LogP contribution in [0.1, 0.15) is 187 Å². The molecule has 0 aromatic carbocycles. The van der Waals surface area contributed by atoms with Crippen LogP contribution in [0.15, 0.2) is 0 Å². The van der Waals surface area contributed by atoms with Gasteiger partial charge in [-0.25, -0.2) is 0 Å². The highest BCUT2D eigenvalue weighted by atomic mass is 16.3. The van der Waals surface area contributed by atoms with Crippen molar-refractivity contribution in [3.63, 3.8) is 0 Å². The Morgan fingerprint density at radius 3 is 1.15 bits per heavy atom. The van der Waals surface area contributed by atoms with Gasteiger partial charge in [0.05, 0.1) is 6.10 Å². The first-order valence-electron chi connectivity index (χ1n) is 15.4. The maximum atomic E-state index is 12.1. The molecule has 0 spiro atoms. The second kappa shape index (κ2) is 27.9. The lowest BCUT2D eigenvalue weighted by Crippen LogP contribution is -2.13. The van der Waals surface area contributed by atoms with Gasteiger partial charge in [-0.3, -0.25) is 4.79 Å². The maximum absolute atomic E-state index is 12.1.